The molecule has 0 bridgehead atoms. The van der Waals surface area contributed by atoms with Crippen molar-refractivity contribution in [3.05, 3.63) is 59.7 Å². The molecule has 5 nitrogen and oxygen atoms in total. The number of hydrogen-bond acceptors (Lipinski definition) is 4. The van der Waals surface area contributed by atoms with Gasteiger partial charge in [-0.1, -0.05) is 39.0 Å². The second-order valence-corrected chi connectivity index (χ2v) is 6.80. The first-order valence-corrected chi connectivity index (χ1v) is 8.12. The molecular weight excluding hydrogens is 316 g/mol. The zero-order valence-electron chi connectivity index (χ0n) is 15.1. The summed E-state index contributed by atoms with van der Waals surface area (Å²) in [7, 11) is 1.32. The molecule has 0 fully saturated rings. The van der Waals surface area contributed by atoms with E-state index in [-0.39, 0.29) is 17.9 Å². The molecule has 2 N–H and O–H groups in total. The van der Waals surface area contributed by atoms with Gasteiger partial charge in [0.25, 0.3) is 0 Å². The number of carbonyl (C=O) groups excluding carboxylic acids is 2. The lowest BCUT2D eigenvalue weighted by Crippen LogP contribution is -2.22. The van der Waals surface area contributed by atoms with Gasteiger partial charge in [0.1, 0.15) is 0 Å². The lowest BCUT2D eigenvalue weighted by molar-refractivity contribution is -0.114. The minimum atomic E-state index is -0.437. The Hall–Kier alpha value is -2.82. The summed E-state index contributed by atoms with van der Waals surface area (Å²) in [5.74, 6) is -0.630. The van der Waals surface area contributed by atoms with Crippen molar-refractivity contribution >= 4 is 23.3 Å². The number of ether oxygens (including phenoxy) is 1. The molecule has 25 heavy (non-hydrogen) atoms. The van der Waals surface area contributed by atoms with E-state index in [2.05, 4.69) is 48.3 Å². The first-order valence-electron chi connectivity index (χ1n) is 8.12. The second kappa shape index (κ2) is 7.83. The van der Waals surface area contributed by atoms with Crippen LogP contribution in [-0.4, -0.2) is 25.5 Å². The summed E-state index contributed by atoms with van der Waals surface area (Å²) in [6.45, 7) is 6.61. The molecule has 0 aliphatic rings. The molecule has 1 amide bonds. The minimum Gasteiger partial charge on any atom is -0.465 e. The predicted octanol–water partition coefficient (Wildman–Crippen LogP) is 3.82. The quantitative estimate of drug-likeness (QED) is 0.812. The molecule has 2 rings (SSSR count). The van der Waals surface area contributed by atoms with E-state index < -0.39 is 5.97 Å². The van der Waals surface area contributed by atoms with E-state index in [1.165, 1.54) is 12.7 Å². The first-order chi connectivity index (χ1) is 11.8. The van der Waals surface area contributed by atoms with Crippen LogP contribution >= 0.6 is 0 Å². The topological polar surface area (TPSA) is 67.4 Å². The van der Waals surface area contributed by atoms with E-state index >= 15 is 0 Å². The predicted molar refractivity (Wildman–Crippen MR) is 100 cm³/mol. The molecule has 132 valence electrons. The molecule has 0 aliphatic heterocycles. The molecule has 0 spiro atoms. The lowest BCUT2D eigenvalue weighted by atomic mass is 9.87. The van der Waals surface area contributed by atoms with Gasteiger partial charge in [0.2, 0.25) is 5.91 Å². The van der Waals surface area contributed by atoms with Crippen LogP contribution in [0.2, 0.25) is 0 Å². The van der Waals surface area contributed by atoms with Crippen molar-refractivity contribution < 1.29 is 14.3 Å². The molecule has 5 heteroatoms. The molecule has 0 saturated heterocycles. The smallest absolute Gasteiger partial charge is 0.337 e. The van der Waals surface area contributed by atoms with Crippen LogP contribution in [0, 0.1) is 0 Å². The molecule has 0 aromatic heterocycles. The van der Waals surface area contributed by atoms with Crippen molar-refractivity contribution in [1.29, 1.82) is 0 Å². The van der Waals surface area contributed by atoms with Gasteiger partial charge in [0, 0.05) is 11.4 Å². The number of rotatable bonds is 5. The van der Waals surface area contributed by atoms with E-state index in [0.717, 1.165) is 5.69 Å². The maximum atomic E-state index is 12.1. The van der Waals surface area contributed by atoms with Crippen LogP contribution in [0.25, 0.3) is 0 Å². The Morgan fingerprint density at radius 1 is 1.00 bits per heavy atom. The fourth-order valence-corrected chi connectivity index (χ4v) is 2.32. The number of anilines is 2. The Balaban J connectivity index is 1.92. The van der Waals surface area contributed by atoms with E-state index in [1.54, 1.807) is 24.3 Å². The van der Waals surface area contributed by atoms with Crippen LogP contribution in [0.4, 0.5) is 11.4 Å². The molecule has 0 aliphatic carbocycles. The van der Waals surface area contributed by atoms with Gasteiger partial charge in [-0.05, 0) is 41.3 Å². The molecule has 0 unspecified atom stereocenters. The Kier molecular flexibility index (Phi) is 5.80. The highest BCUT2D eigenvalue weighted by Crippen LogP contribution is 2.23. The monoisotopic (exact) mass is 340 g/mol. The van der Waals surface area contributed by atoms with Crippen LogP contribution in [0.5, 0.6) is 0 Å². The summed E-state index contributed by atoms with van der Waals surface area (Å²) in [6.07, 6.45) is 0. The molecular formula is C20H24N2O3. The number of esters is 1. The van der Waals surface area contributed by atoms with Gasteiger partial charge >= 0.3 is 5.97 Å². The molecule has 0 atom stereocenters. The average Bonchev–Trinajstić information content (AvgIpc) is 2.59. The fourth-order valence-electron chi connectivity index (χ4n) is 2.32. The van der Waals surface area contributed by atoms with Crippen LogP contribution in [0.15, 0.2) is 48.5 Å². The van der Waals surface area contributed by atoms with E-state index in [1.807, 2.05) is 12.1 Å². The van der Waals surface area contributed by atoms with Crippen molar-refractivity contribution in [3.8, 4) is 0 Å². The summed E-state index contributed by atoms with van der Waals surface area (Å²) in [5.41, 5.74) is 3.16. The largest absolute Gasteiger partial charge is 0.465 e. The van der Waals surface area contributed by atoms with Crippen molar-refractivity contribution in [2.24, 2.45) is 0 Å². The van der Waals surface area contributed by atoms with Gasteiger partial charge in [-0.25, -0.2) is 4.79 Å². The maximum absolute atomic E-state index is 12.1. The van der Waals surface area contributed by atoms with E-state index in [9.17, 15) is 9.59 Å². The summed E-state index contributed by atoms with van der Waals surface area (Å²) in [6, 6.07) is 14.7. The van der Waals surface area contributed by atoms with Gasteiger partial charge in [0.15, 0.2) is 0 Å². The summed E-state index contributed by atoms with van der Waals surface area (Å²) in [4.78, 5) is 23.6. The zero-order valence-corrected chi connectivity index (χ0v) is 15.1. The average molecular weight is 340 g/mol. The first kappa shape index (κ1) is 18.5. The van der Waals surface area contributed by atoms with Crippen molar-refractivity contribution in [2.75, 3.05) is 24.3 Å². The number of benzene rings is 2. The Labute approximate surface area is 148 Å². The maximum Gasteiger partial charge on any atom is 0.337 e. The number of methoxy groups -OCH3 is 1. The van der Waals surface area contributed by atoms with Crippen LogP contribution in [0.3, 0.4) is 0 Å². The Bertz CT molecular complexity index is 746. The Morgan fingerprint density at radius 2 is 1.68 bits per heavy atom. The van der Waals surface area contributed by atoms with Gasteiger partial charge in [-0.2, -0.15) is 0 Å². The van der Waals surface area contributed by atoms with Gasteiger partial charge in [0.05, 0.1) is 19.2 Å². The third-order valence-corrected chi connectivity index (χ3v) is 3.77. The van der Waals surface area contributed by atoms with Crippen molar-refractivity contribution in [3.63, 3.8) is 0 Å². The third kappa shape index (κ3) is 5.35. The number of nitrogens with one attached hydrogen (secondary N) is 2. The van der Waals surface area contributed by atoms with Gasteiger partial charge in [-0.3, -0.25) is 4.79 Å². The third-order valence-electron chi connectivity index (χ3n) is 3.77. The second-order valence-electron chi connectivity index (χ2n) is 6.80. The summed E-state index contributed by atoms with van der Waals surface area (Å²) >= 11 is 0. The highest BCUT2D eigenvalue weighted by Gasteiger charge is 2.13. The van der Waals surface area contributed by atoms with Crippen molar-refractivity contribution in [2.45, 2.75) is 26.2 Å². The van der Waals surface area contributed by atoms with Gasteiger partial charge in [-0.15, -0.1) is 0 Å². The molecule has 2 aromatic rings. The number of carbonyl (C=O) groups is 2. The zero-order chi connectivity index (χ0) is 18.4. The number of hydrogen-bond donors (Lipinski definition) is 2. The van der Waals surface area contributed by atoms with Crippen LogP contribution in [-0.2, 0) is 14.9 Å². The highest BCUT2D eigenvalue weighted by molar-refractivity contribution is 5.96. The van der Waals surface area contributed by atoms with E-state index in [4.69, 9.17) is 0 Å². The van der Waals surface area contributed by atoms with Crippen LogP contribution in [0.1, 0.15) is 36.7 Å². The fraction of sp³-hybridized carbons (Fsp3) is 0.300. The molecule has 2 aromatic carbocycles. The normalized spacial score (nSPS) is 10.9. The standard InChI is InChI=1S/C20H24N2O3/c1-20(2,3)15-8-10-16(11-9-15)21-13-18(23)22-17-7-5-6-14(12-17)19(24)25-4/h5-12,21H,13H2,1-4H3,(H,22,23). The molecule has 0 saturated carbocycles. The van der Waals surface area contributed by atoms with Gasteiger partial charge < -0.3 is 15.4 Å². The van der Waals surface area contributed by atoms with E-state index in [0.29, 0.717) is 11.3 Å². The van der Waals surface area contributed by atoms with Crippen molar-refractivity contribution in [1.82, 2.24) is 0 Å². The number of amides is 1. The SMILES string of the molecule is COC(=O)c1cccc(NC(=O)CNc2ccc(C(C)(C)C)cc2)c1. The molecule has 0 heterocycles. The minimum absolute atomic E-state index is 0.0978. The van der Waals surface area contributed by atoms with Crippen LogP contribution < -0.4 is 10.6 Å². The lowest BCUT2D eigenvalue weighted by Gasteiger charge is -2.19. The summed E-state index contributed by atoms with van der Waals surface area (Å²) < 4.78 is 4.67. The highest BCUT2D eigenvalue weighted by atomic mass is 16.5. The molecule has 0 radical (unpaired) electrons. The Morgan fingerprint density at radius 3 is 2.28 bits per heavy atom. The summed E-state index contributed by atoms with van der Waals surface area (Å²) in [5, 5.41) is 5.85.